The number of pyridine rings is 1. The van der Waals surface area contributed by atoms with Crippen molar-refractivity contribution in [3.63, 3.8) is 0 Å². The van der Waals surface area contributed by atoms with Crippen molar-refractivity contribution in [1.29, 1.82) is 5.26 Å². The van der Waals surface area contributed by atoms with Gasteiger partial charge in [0.15, 0.2) is 11.6 Å². The average molecular weight is 527 g/mol. The highest BCUT2D eigenvalue weighted by molar-refractivity contribution is 5.98. The van der Waals surface area contributed by atoms with E-state index in [1.807, 2.05) is 6.07 Å². The molecule has 2 aliphatic rings. The molecule has 1 saturated carbocycles. The molecule has 1 aliphatic heterocycles. The number of hydrogen-bond donors (Lipinski definition) is 0. The minimum absolute atomic E-state index is 0.0858. The van der Waals surface area contributed by atoms with Gasteiger partial charge < -0.3 is 14.2 Å². The van der Waals surface area contributed by atoms with E-state index in [0.717, 1.165) is 0 Å². The quantitative estimate of drug-likeness (QED) is 0.418. The van der Waals surface area contributed by atoms with Gasteiger partial charge in [-0.25, -0.2) is 4.68 Å². The van der Waals surface area contributed by atoms with E-state index < -0.39 is 17.6 Å². The number of nitriles is 1. The summed E-state index contributed by atoms with van der Waals surface area (Å²) in [7, 11) is 0. The fourth-order valence-electron chi connectivity index (χ4n) is 5.09. The molecule has 0 unspecified atom stereocenters. The second-order valence-electron chi connectivity index (χ2n) is 9.55. The van der Waals surface area contributed by atoms with Gasteiger partial charge in [-0.1, -0.05) is 6.07 Å². The largest absolute Gasteiger partial charge is 0.573 e. The number of benzene rings is 1. The van der Waals surface area contributed by atoms with Gasteiger partial charge in [-0.05, 0) is 55.7 Å². The predicted octanol–water partition coefficient (Wildman–Crippen LogP) is 4.98. The number of ether oxygens (including phenoxy) is 3. The monoisotopic (exact) mass is 526 g/mol. The van der Waals surface area contributed by atoms with E-state index in [4.69, 9.17) is 9.47 Å². The van der Waals surface area contributed by atoms with Crippen molar-refractivity contribution in [2.45, 2.75) is 56.6 Å². The number of aromatic nitrogens is 3. The lowest BCUT2D eigenvalue weighted by atomic mass is 9.70. The summed E-state index contributed by atoms with van der Waals surface area (Å²) in [6.45, 7) is 2.86. The van der Waals surface area contributed by atoms with E-state index in [9.17, 15) is 23.2 Å². The zero-order chi connectivity index (χ0) is 27.0. The molecule has 0 atom stereocenters. The first kappa shape index (κ1) is 25.9. The molecular formula is C27H25F3N4O4. The summed E-state index contributed by atoms with van der Waals surface area (Å²) < 4.78 is 54.2. The third-order valence-electron chi connectivity index (χ3n) is 7.20. The maximum Gasteiger partial charge on any atom is 0.573 e. The Morgan fingerprint density at radius 2 is 1.76 bits per heavy atom. The Bertz CT molecular complexity index is 1340. The molecule has 1 aromatic carbocycles. The van der Waals surface area contributed by atoms with Gasteiger partial charge in [-0.15, -0.1) is 13.2 Å². The molecule has 198 valence electrons. The molecule has 3 aromatic rings. The number of rotatable bonds is 6. The topological polar surface area (TPSA) is 99.3 Å². The Balaban J connectivity index is 1.26. The molecule has 1 spiro atoms. The van der Waals surface area contributed by atoms with E-state index >= 15 is 0 Å². The molecule has 2 aromatic heterocycles. The molecule has 38 heavy (non-hydrogen) atoms. The Hall–Kier alpha value is -3.75. The van der Waals surface area contributed by atoms with Gasteiger partial charge in [-0.2, -0.15) is 10.4 Å². The van der Waals surface area contributed by atoms with E-state index in [1.54, 1.807) is 19.2 Å². The maximum atomic E-state index is 13.0. The molecule has 5 rings (SSSR count). The van der Waals surface area contributed by atoms with Crippen molar-refractivity contribution in [1.82, 2.24) is 14.8 Å². The lowest BCUT2D eigenvalue weighted by Gasteiger charge is -2.39. The van der Waals surface area contributed by atoms with Crippen LogP contribution in [0.5, 0.6) is 5.75 Å². The highest BCUT2D eigenvalue weighted by Gasteiger charge is 2.48. The molecule has 0 amide bonds. The lowest BCUT2D eigenvalue weighted by Crippen LogP contribution is -2.41. The van der Waals surface area contributed by atoms with Crippen molar-refractivity contribution in [2.75, 3.05) is 13.2 Å². The Morgan fingerprint density at radius 1 is 1.08 bits per heavy atom. The Morgan fingerprint density at radius 3 is 2.34 bits per heavy atom. The van der Waals surface area contributed by atoms with Gasteiger partial charge in [0, 0.05) is 25.5 Å². The Kier molecular flexibility index (Phi) is 6.71. The first-order valence-corrected chi connectivity index (χ1v) is 12.2. The number of alkyl halides is 3. The minimum Gasteiger partial charge on any atom is -0.406 e. The van der Waals surface area contributed by atoms with Crippen molar-refractivity contribution in [3.8, 4) is 17.5 Å². The van der Waals surface area contributed by atoms with Crippen LogP contribution in [0.25, 0.3) is 5.69 Å². The van der Waals surface area contributed by atoms with E-state index in [1.165, 1.54) is 35.1 Å². The zero-order valence-corrected chi connectivity index (χ0v) is 20.6. The smallest absolute Gasteiger partial charge is 0.406 e. The van der Waals surface area contributed by atoms with Crippen LogP contribution in [-0.2, 0) is 21.3 Å². The number of carbonyl (C=O) groups excluding carboxylic acids is 1. The molecule has 3 heterocycles. The second kappa shape index (κ2) is 9.85. The molecule has 0 N–H and O–H groups in total. The van der Waals surface area contributed by atoms with Crippen LogP contribution in [0.15, 0.2) is 48.8 Å². The number of nitrogens with zero attached hydrogens (tertiary/aromatic N) is 4. The molecule has 0 bridgehead atoms. The lowest BCUT2D eigenvalue weighted by molar-refractivity contribution is -0.274. The highest BCUT2D eigenvalue weighted by Crippen LogP contribution is 2.45. The standard InChI is InChI=1S/C27H25F3N4O4/c1-18-22(16-33-34(18)20-3-5-21(6-4-20)38-27(28,29)30)23(35)14-19-2-7-24(32-15-19)25(17-31)8-10-26(11-9-25)36-12-13-37-26/h2-7,15-16H,8-14H2,1H3. The van der Waals surface area contributed by atoms with Crippen molar-refractivity contribution in [2.24, 2.45) is 0 Å². The summed E-state index contributed by atoms with van der Waals surface area (Å²) in [5.74, 6) is -1.09. The number of ketones is 1. The van der Waals surface area contributed by atoms with Gasteiger partial charge in [0.05, 0.1) is 53.5 Å². The second-order valence-corrected chi connectivity index (χ2v) is 9.55. The van der Waals surface area contributed by atoms with Crippen LogP contribution in [0.1, 0.15) is 53.0 Å². The maximum absolute atomic E-state index is 13.0. The Labute approximate surface area is 216 Å². The SMILES string of the molecule is Cc1c(C(=O)Cc2ccc(C3(C#N)CCC4(CC3)OCCO4)nc2)cnn1-c1ccc(OC(F)(F)F)cc1. The molecule has 0 radical (unpaired) electrons. The van der Waals surface area contributed by atoms with E-state index in [0.29, 0.717) is 67.1 Å². The van der Waals surface area contributed by atoms with Crippen LogP contribution in [0.3, 0.4) is 0 Å². The van der Waals surface area contributed by atoms with Gasteiger partial charge in [0.1, 0.15) is 5.75 Å². The van der Waals surface area contributed by atoms with Crippen LogP contribution in [0, 0.1) is 18.3 Å². The summed E-state index contributed by atoms with van der Waals surface area (Å²) in [6, 6.07) is 11.3. The highest BCUT2D eigenvalue weighted by atomic mass is 19.4. The number of halogens is 3. The number of hydrogen-bond acceptors (Lipinski definition) is 7. The number of carbonyl (C=O) groups is 1. The summed E-state index contributed by atoms with van der Waals surface area (Å²) in [4.78, 5) is 17.6. The van der Waals surface area contributed by atoms with Gasteiger partial charge >= 0.3 is 6.36 Å². The zero-order valence-electron chi connectivity index (χ0n) is 20.6. The normalized spacial score (nSPS) is 18.3. The fourth-order valence-corrected chi connectivity index (χ4v) is 5.09. The molecule has 11 heteroatoms. The fraction of sp³-hybridized carbons (Fsp3) is 0.407. The van der Waals surface area contributed by atoms with Crippen molar-refractivity contribution >= 4 is 5.78 Å². The summed E-state index contributed by atoms with van der Waals surface area (Å²) in [6.07, 6.45) is 0.792. The summed E-state index contributed by atoms with van der Waals surface area (Å²) in [5, 5.41) is 14.2. The van der Waals surface area contributed by atoms with Gasteiger partial charge in [-0.3, -0.25) is 9.78 Å². The van der Waals surface area contributed by atoms with Crippen LogP contribution >= 0.6 is 0 Å². The average Bonchev–Trinajstić information content (AvgIpc) is 3.52. The molecular weight excluding hydrogens is 501 g/mol. The van der Waals surface area contributed by atoms with E-state index in [-0.39, 0.29) is 18.0 Å². The van der Waals surface area contributed by atoms with Crippen LogP contribution in [0.2, 0.25) is 0 Å². The number of Topliss-reactive ketones (excluding diaryl/α,β-unsaturated/α-hetero) is 1. The van der Waals surface area contributed by atoms with Crippen LogP contribution in [0.4, 0.5) is 13.2 Å². The van der Waals surface area contributed by atoms with E-state index in [2.05, 4.69) is 20.9 Å². The van der Waals surface area contributed by atoms with Crippen molar-refractivity contribution < 1.29 is 32.2 Å². The third-order valence-corrected chi connectivity index (χ3v) is 7.20. The summed E-state index contributed by atoms with van der Waals surface area (Å²) >= 11 is 0. The first-order chi connectivity index (χ1) is 18.1. The molecule has 8 nitrogen and oxygen atoms in total. The third kappa shape index (κ3) is 5.14. The van der Waals surface area contributed by atoms with Crippen LogP contribution < -0.4 is 4.74 Å². The molecule has 1 aliphatic carbocycles. The van der Waals surface area contributed by atoms with Gasteiger partial charge in [0.2, 0.25) is 0 Å². The first-order valence-electron chi connectivity index (χ1n) is 12.2. The van der Waals surface area contributed by atoms with Crippen LogP contribution in [-0.4, -0.2) is 45.9 Å². The van der Waals surface area contributed by atoms with Gasteiger partial charge in [0.25, 0.3) is 0 Å². The molecule has 2 fully saturated rings. The van der Waals surface area contributed by atoms with Crippen molar-refractivity contribution in [3.05, 3.63) is 71.3 Å². The molecule has 1 saturated heterocycles. The minimum atomic E-state index is -4.77. The summed E-state index contributed by atoms with van der Waals surface area (Å²) in [5.41, 5.74) is 2.09. The predicted molar refractivity (Wildman–Crippen MR) is 128 cm³/mol.